The lowest BCUT2D eigenvalue weighted by Crippen LogP contribution is -2.20. The van der Waals surface area contributed by atoms with Crippen LogP contribution in [0, 0.1) is 12.8 Å². The van der Waals surface area contributed by atoms with Crippen LogP contribution >= 0.6 is 0 Å². The fourth-order valence-corrected chi connectivity index (χ4v) is 1.32. The summed E-state index contributed by atoms with van der Waals surface area (Å²) < 4.78 is 1.92. The second-order valence-corrected chi connectivity index (χ2v) is 4.02. The summed E-state index contributed by atoms with van der Waals surface area (Å²) in [5.74, 6) is 0.756. The average molecular weight is 195 g/mol. The van der Waals surface area contributed by atoms with Crippen LogP contribution in [0.1, 0.15) is 31.5 Å². The third kappa shape index (κ3) is 2.84. The Morgan fingerprint density at radius 1 is 1.57 bits per heavy atom. The van der Waals surface area contributed by atoms with Gasteiger partial charge in [0.1, 0.15) is 0 Å². The molecular formula is C11H21N3. The zero-order valence-electron chi connectivity index (χ0n) is 9.67. The van der Waals surface area contributed by atoms with Crippen LogP contribution in [-0.4, -0.2) is 16.3 Å². The summed E-state index contributed by atoms with van der Waals surface area (Å²) in [7, 11) is 1.98. The number of nitrogens with one attached hydrogen (secondary N) is 1. The molecule has 80 valence electrons. The van der Waals surface area contributed by atoms with Gasteiger partial charge in [-0.2, -0.15) is 5.10 Å². The Morgan fingerprint density at radius 3 is 2.79 bits per heavy atom. The second kappa shape index (κ2) is 5.15. The highest BCUT2D eigenvalue weighted by Gasteiger charge is 2.03. The van der Waals surface area contributed by atoms with Crippen molar-refractivity contribution in [2.75, 3.05) is 6.54 Å². The van der Waals surface area contributed by atoms with Crippen LogP contribution in [0.3, 0.4) is 0 Å². The molecule has 14 heavy (non-hydrogen) atoms. The largest absolute Gasteiger partial charge is 0.312 e. The summed E-state index contributed by atoms with van der Waals surface area (Å²) in [6, 6.07) is 0. The molecule has 0 aliphatic carbocycles. The maximum Gasteiger partial charge on any atom is 0.0537 e. The first-order valence-corrected chi connectivity index (χ1v) is 5.33. The molecule has 1 aromatic heterocycles. The van der Waals surface area contributed by atoms with Gasteiger partial charge in [-0.25, -0.2) is 0 Å². The fourth-order valence-electron chi connectivity index (χ4n) is 1.32. The van der Waals surface area contributed by atoms with Crippen LogP contribution in [0.5, 0.6) is 0 Å². The highest BCUT2D eigenvalue weighted by molar-refractivity contribution is 5.15. The third-order valence-electron chi connectivity index (χ3n) is 2.84. The lowest BCUT2D eigenvalue weighted by atomic mass is 10.1. The lowest BCUT2D eigenvalue weighted by Gasteiger charge is -2.09. The molecule has 1 aromatic rings. The van der Waals surface area contributed by atoms with Crippen molar-refractivity contribution >= 4 is 0 Å². The van der Waals surface area contributed by atoms with Crippen LogP contribution in [-0.2, 0) is 13.6 Å². The van der Waals surface area contributed by atoms with E-state index in [1.54, 1.807) is 0 Å². The van der Waals surface area contributed by atoms with Crippen molar-refractivity contribution in [1.29, 1.82) is 0 Å². The molecule has 3 nitrogen and oxygen atoms in total. The zero-order chi connectivity index (χ0) is 10.6. The van der Waals surface area contributed by atoms with Crippen LogP contribution in [0.25, 0.3) is 0 Å². The average Bonchev–Trinajstić information content (AvgIpc) is 2.49. The quantitative estimate of drug-likeness (QED) is 0.777. The van der Waals surface area contributed by atoms with Crippen molar-refractivity contribution in [3.63, 3.8) is 0 Å². The highest BCUT2D eigenvalue weighted by Crippen LogP contribution is 2.05. The van der Waals surface area contributed by atoms with Gasteiger partial charge in [0.05, 0.1) is 6.20 Å². The van der Waals surface area contributed by atoms with Crippen molar-refractivity contribution in [3.8, 4) is 0 Å². The van der Waals surface area contributed by atoms with E-state index < -0.39 is 0 Å². The van der Waals surface area contributed by atoms with Gasteiger partial charge in [0.25, 0.3) is 0 Å². The Balaban J connectivity index is 2.35. The zero-order valence-corrected chi connectivity index (χ0v) is 9.67. The van der Waals surface area contributed by atoms with Crippen molar-refractivity contribution in [1.82, 2.24) is 15.1 Å². The molecule has 1 heterocycles. The molecule has 0 saturated carbocycles. The fraction of sp³-hybridized carbons (Fsp3) is 0.727. The number of hydrogen-bond donors (Lipinski definition) is 1. The molecule has 0 fully saturated rings. The van der Waals surface area contributed by atoms with Gasteiger partial charge < -0.3 is 5.32 Å². The van der Waals surface area contributed by atoms with Crippen molar-refractivity contribution in [2.45, 2.75) is 33.7 Å². The Labute approximate surface area is 86.5 Å². The summed E-state index contributed by atoms with van der Waals surface area (Å²) in [4.78, 5) is 0. The Kier molecular flexibility index (Phi) is 4.14. The van der Waals surface area contributed by atoms with Crippen molar-refractivity contribution in [2.24, 2.45) is 13.0 Å². The predicted molar refractivity (Wildman–Crippen MR) is 59.1 cm³/mol. The van der Waals surface area contributed by atoms with Crippen LogP contribution in [0.4, 0.5) is 0 Å². The molecule has 0 aromatic carbocycles. The minimum Gasteiger partial charge on any atom is -0.312 e. The summed E-state index contributed by atoms with van der Waals surface area (Å²) in [5, 5.41) is 7.66. The maximum absolute atomic E-state index is 4.21. The van der Waals surface area contributed by atoms with Crippen molar-refractivity contribution < 1.29 is 0 Å². The smallest absolute Gasteiger partial charge is 0.0537 e. The van der Waals surface area contributed by atoms with Gasteiger partial charge >= 0.3 is 0 Å². The van der Waals surface area contributed by atoms with Gasteiger partial charge in [-0.05, 0) is 19.4 Å². The minimum atomic E-state index is 0.756. The molecular weight excluding hydrogens is 174 g/mol. The van der Waals surface area contributed by atoms with E-state index in [2.05, 4.69) is 31.2 Å². The number of aryl methyl sites for hydroxylation is 1. The van der Waals surface area contributed by atoms with Gasteiger partial charge in [0.2, 0.25) is 0 Å². The predicted octanol–water partition coefficient (Wildman–Crippen LogP) is 1.86. The number of nitrogens with zero attached hydrogens (tertiary/aromatic N) is 2. The van der Waals surface area contributed by atoms with Crippen LogP contribution in [0.15, 0.2) is 6.20 Å². The topological polar surface area (TPSA) is 29.9 Å². The molecule has 3 heteroatoms. The molecule has 0 amide bonds. The lowest BCUT2D eigenvalue weighted by molar-refractivity contribution is 0.499. The molecule has 0 spiro atoms. The van der Waals surface area contributed by atoms with E-state index in [4.69, 9.17) is 0 Å². The first-order chi connectivity index (χ1) is 6.65. The van der Waals surface area contributed by atoms with E-state index in [9.17, 15) is 0 Å². The van der Waals surface area contributed by atoms with Gasteiger partial charge in [-0.3, -0.25) is 4.68 Å². The van der Waals surface area contributed by atoms with Gasteiger partial charge in [-0.1, -0.05) is 20.3 Å². The van der Waals surface area contributed by atoms with Gasteiger partial charge in [0.15, 0.2) is 0 Å². The second-order valence-electron chi connectivity index (χ2n) is 4.02. The number of aromatic nitrogens is 2. The van der Waals surface area contributed by atoms with Crippen molar-refractivity contribution in [3.05, 3.63) is 17.5 Å². The minimum absolute atomic E-state index is 0.756. The Hall–Kier alpha value is -0.830. The number of rotatable bonds is 5. The summed E-state index contributed by atoms with van der Waals surface area (Å²) >= 11 is 0. The highest BCUT2D eigenvalue weighted by atomic mass is 15.3. The first kappa shape index (κ1) is 11.2. The van der Waals surface area contributed by atoms with E-state index in [1.165, 1.54) is 17.7 Å². The third-order valence-corrected chi connectivity index (χ3v) is 2.84. The normalized spacial score (nSPS) is 13.1. The van der Waals surface area contributed by atoms with E-state index in [-0.39, 0.29) is 0 Å². The molecule has 1 atom stereocenters. The van der Waals surface area contributed by atoms with E-state index in [1.807, 2.05) is 17.9 Å². The van der Waals surface area contributed by atoms with Crippen LogP contribution in [0.2, 0.25) is 0 Å². The maximum atomic E-state index is 4.21. The Morgan fingerprint density at radius 2 is 2.29 bits per heavy atom. The van der Waals surface area contributed by atoms with Gasteiger partial charge in [-0.15, -0.1) is 0 Å². The molecule has 0 saturated heterocycles. The molecule has 1 N–H and O–H groups in total. The first-order valence-electron chi connectivity index (χ1n) is 5.33. The molecule has 0 aliphatic heterocycles. The molecule has 1 rings (SSSR count). The molecule has 0 radical (unpaired) electrons. The summed E-state index contributed by atoms with van der Waals surface area (Å²) in [5.41, 5.74) is 2.55. The Bertz CT molecular complexity index is 278. The van der Waals surface area contributed by atoms with Gasteiger partial charge in [0, 0.05) is 24.8 Å². The van der Waals surface area contributed by atoms with E-state index in [0.29, 0.717) is 0 Å². The SMILES string of the molecule is CCC(C)CNCc1cnn(C)c1C. The molecule has 0 aliphatic rings. The monoisotopic (exact) mass is 195 g/mol. The number of hydrogen-bond acceptors (Lipinski definition) is 2. The molecule has 0 bridgehead atoms. The standard InChI is InChI=1S/C11H21N3/c1-5-9(2)6-12-7-11-8-13-14(4)10(11)3/h8-9,12H,5-7H2,1-4H3. The van der Waals surface area contributed by atoms with E-state index >= 15 is 0 Å². The summed E-state index contributed by atoms with van der Waals surface area (Å²) in [6.45, 7) is 8.62. The van der Waals surface area contributed by atoms with E-state index in [0.717, 1.165) is 19.0 Å². The summed E-state index contributed by atoms with van der Waals surface area (Å²) in [6.07, 6.45) is 3.18. The molecule has 1 unspecified atom stereocenters. The van der Waals surface area contributed by atoms with Crippen LogP contribution < -0.4 is 5.32 Å².